The lowest BCUT2D eigenvalue weighted by atomic mass is 10.1. The van der Waals surface area contributed by atoms with E-state index in [0.717, 1.165) is 5.39 Å². The molecule has 0 fully saturated rings. The molecular formula is C21H18N2O5S. The van der Waals surface area contributed by atoms with Crippen molar-refractivity contribution >= 4 is 37.8 Å². The van der Waals surface area contributed by atoms with Crippen LogP contribution < -0.4 is 4.74 Å². The molecule has 0 amide bonds. The van der Waals surface area contributed by atoms with Crippen LogP contribution in [-0.2, 0) is 21.2 Å². The summed E-state index contributed by atoms with van der Waals surface area (Å²) in [6, 6.07) is 13.6. The van der Waals surface area contributed by atoms with Crippen molar-refractivity contribution in [2.24, 2.45) is 0 Å². The number of methoxy groups -OCH3 is 1. The second kappa shape index (κ2) is 7.21. The van der Waals surface area contributed by atoms with Gasteiger partial charge in [-0.3, -0.25) is 9.78 Å². The maximum atomic E-state index is 13.5. The van der Waals surface area contributed by atoms with Crippen LogP contribution in [0.25, 0.3) is 21.8 Å². The summed E-state index contributed by atoms with van der Waals surface area (Å²) in [6.07, 6.45) is 3.14. The Bertz CT molecular complexity index is 1340. The molecule has 0 saturated carbocycles. The van der Waals surface area contributed by atoms with Gasteiger partial charge in [-0.25, -0.2) is 12.4 Å². The summed E-state index contributed by atoms with van der Waals surface area (Å²) in [5.74, 6) is -0.383. The molecule has 148 valence electrons. The van der Waals surface area contributed by atoms with E-state index in [1.165, 1.54) is 23.3 Å². The Morgan fingerprint density at radius 1 is 1.17 bits per heavy atom. The van der Waals surface area contributed by atoms with Crippen molar-refractivity contribution in [1.82, 2.24) is 8.96 Å². The number of carboxylic acid groups (broad SMARTS) is 1. The molecule has 0 aliphatic rings. The maximum absolute atomic E-state index is 13.5. The van der Waals surface area contributed by atoms with Gasteiger partial charge in [0.25, 0.3) is 10.0 Å². The number of aliphatic carboxylic acids is 1. The van der Waals surface area contributed by atoms with Crippen LogP contribution >= 0.6 is 0 Å². The molecule has 0 radical (unpaired) electrons. The lowest BCUT2D eigenvalue weighted by Crippen LogP contribution is -2.12. The molecule has 0 aliphatic carbocycles. The zero-order valence-corrected chi connectivity index (χ0v) is 16.4. The molecule has 0 atom stereocenters. The number of carboxylic acids is 1. The van der Waals surface area contributed by atoms with Crippen molar-refractivity contribution in [3.05, 3.63) is 66.5 Å². The molecule has 29 heavy (non-hydrogen) atoms. The van der Waals surface area contributed by atoms with Crippen molar-refractivity contribution in [2.45, 2.75) is 17.7 Å². The first kappa shape index (κ1) is 18.9. The SMILES string of the molecule is COc1ccc2c(c1)c(CCC(=O)O)cn2S(=O)(=O)c1cccc2cccnc12. The first-order valence-corrected chi connectivity index (χ1v) is 10.3. The number of ether oxygens (including phenoxy) is 1. The van der Waals surface area contributed by atoms with Gasteiger partial charge in [0.15, 0.2) is 0 Å². The predicted molar refractivity (Wildman–Crippen MR) is 109 cm³/mol. The third kappa shape index (κ3) is 3.31. The van der Waals surface area contributed by atoms with Crippen LogP contribution in [0.15, 0.2) is 65.8 Å². The number of hydrogen-bond donors (Lipinski definition) is 1. The van der Waals surface area contributed by atoms with Crippen molar-refractivity contribution in [3.8, 4) is 5.75 Å². The van der Waals surface area contributed by atoms with Gasteiger partial charge in [0.05, 0.1) is 18.1 Å². The van der Waals surface area contributed by atoms with E-state index in [0.29, 0.717) is 27.7 Å². The van der Waals surface area contributed by atoms with E-state index in [1.807, 2.05) is 0 Å². The number of pyridine rings is 1. The van der Waals surface area contributed by atoms with Gasteiger partial charge >= 0.3 is 5.97 Å². The number of aryl methyl sites for hydroxylation is 1. The van der Waals surface area contributed by atoms with E-state index in [-0.39, 0.29) is 17.7 Å². The van der Waals surface area contributed by atoms with E-state index in [2.05, 4.69) is 4.98 Å². The standard InChI is InChI=1S/C21H18N2O5S/c1-28-16-8-9-18-17(12-16)15(7-10-20(24)25)13-23(18)29(26,27)19-6-2-4-14-5-3-11-22-21(14)19/h2-6,8-9,11-13H,7,10H2,1H3,(H,24,25). The molecule has 2 aromatic heterocycles. The van der Waals surface area contributed by atoms with Crippen LogP contribution in [0.4, 0.5) is 0 Å². The molecule has 0 saturated heterocycles. The van der Waals surface area contributed by atoms with Crippen LogP contribution in [0.5, 0.6) is 5.75 Å². The Balaban J connectivity index is 1.95. The smallest absolute Gasteiger partial charge is 0.303 e. The topological polar surface area (TPSA) is 98.5 Å². The number of benzene rings is 2. The number of nitrogens with zero attached hydrogens (tertiary/aromatic N) is 2. The van der Waals surface area contributed by atoms with Gasteiger partial charge in [-0.15, -0.1) is 0 Å². The monoisotopic (exact) mass is 410 g/mol. The zero-order valence-electron chi connectivity index (χ0n) is 15.6. The minimum atomic E-state index is -3.96. The molecule has 7 nitrogen and oxygen atoms in total. The van der Waals surface area contributed by atoms with Crippen LogP contribution in [0.3, 0.4) is 0 Å². The molecule has 8 heteroatoms. The van der Waals surface area contributed by atoms with Crippen molar-refractivity contribution in [2.75, 3.05) is 7.11 Å². The highest BCUT2D eigenvalue weighted by atomic mass is 32.2. The summed E-state index contributed by atoms with van der Waals surface area (Å²) in [6.45, 7) is 0. The van der Waals surface area contributed by atoms with Gasteiger partial charge in [-0.2, -0.15) is 0 Å². The fourth-order valence-corrected chi connectivity index (χ4v) is 4.96. The highest BCUT2D eigenvalue weighted by Gasteiger charge is 2.24. The van der Waals surface area contributed by atoms with Crippen LogP contribution in [0.1, 0.15) is 12.0 Å². The highest BCUT2D eigenvalue weighted by molar-refractivity contribution is 7.90. The Morgan fingerprint density at radius 2 is 1.97 bits per heavy atom. The average Bonchev–Trinajstić information content (AvgIpc) is 3.10. The molecule has 0 spiro atoms. The second-order valence-electron chi connectivity index (χ2n) is 6.56. The largest absolute Gasteiger partial charge is 0.497 e. The number of carbonyl (C=O) groups is 1. The summed E-state index contributed by atoms with van der Waals surface area (Å²) in [4.78, 5) is 15.4. The fourth-order valence-electron chi connectivity index (χ4n) is 3.40. The molecule has 2 heterocycles. The highest BCUT2D eigenvalue weighted by Crippen LogP contribution is 2.31. The lowest BCUT2D eigenvalue weighted by Gasteiger charge is -2.10. The fraction of sp³-hybridized carbons (Fsp3) is 0.143. The molecule has 4 aromatic rings. The van der Waals surface area contributed by atoms with E-state index in [1.54, 1.807) is 48.7 Å². The molecule has 0 aliphatic heterocycles. The van der Waals surface area contributed by atoms with Crippen molar-refractivity contribution in [3.63, 3.8) is 0 Å². The summed E-state index contributed by atoms with van der Waals surface area (Å²) < 4.78 is 33.5. The maximum Gasteiger partial charge on any atom is 0.303 e. The molecular weight excluding hydrogens is 392 g/mol. The van der Waals surface area contributed by atoms with Gasteiger partial charge in [0.1, 0.15) is 10.6 Å². The molecule has 2 aromatic carbocycles. The minimum Gasteiger partial charge on any atom is -0.497 e. The summed E-state index contributed by atoms with van der Waals surface area (Å²) in [5, 5.41) is 10.4. The van der Waals surface area contributed by atoms with E-state index >= 15 is 0 Å². The second-order valence-corrected chi connectivity index (χ2v) is 8.35. The van der Waals surface area contributed by atoms with E-state index in [4.69, 9.17) is 9.84 Å². The average molecular weight is 410 g/mol. The van der Waals surface area contributed by atoms with Crippen molar-refractivity contribution < 1.29 is 23.1 Å². The zero-order chi connectivity index (χ0) is 20.6. The van der Waals surface area contributed by atoms with Gasteiger partial charge in [-0.05, 0) is 42.3 Å². The number of hydrogen-bond acceptors (Lipinski definition) is 5. The summed E-state index contributed by atoms with van der Waals surface area (Å²) in [5.41, 5.74) is 1.47. The summed E-state index contributed by atoms with van der Waals surface area (Å²) >= 11 is 0. The van der Waals surface area contributed by atoms with E-state index < -0.39 is 16.0 Å². The van der Waals surface area contributed by atoms with Gasteiger partial charge in [0.2, 0.25) is 0 Å². The molecule has 1 N–H and O–H groups in total. The van der Waals surface area contributed by atoms with Gasteiger partial charge in [-0.1, -0.05) is 18.2 Å². The van der Waals surface area contributed by atoms with Crippen LogP contribution in [0.2, 0.25) is 0 Å². The van der Waals surface area contributed by atoms with Crippen LogP contribution in [-0.4, -0.2) is 35.6 Å². The quantitative estimate of drug-likeness (QED) is 0.523. The number of rotatable bonds is 6. The number of fused-ring (bicyclic) bond motifs is 2. The predicted octanol–water partition coefficient (Wildman–Crippen LogP) is 3.45. The Hall–Kier alpha value is -3.39. The molecule has 0 unspecified atom stereocenters. The first-order valence-electron chi connectivity index (χ1n) is 8.91. The van der Waals surface area contributed by atoms with Crippen LogP contribution in [0, 0.1) is 0 Å². The first-order chi connectivity index (χ1) is 13.9. The third-order valence-electron chi connectivity index (χ3n) is 4.80. The minimum absolute atomic E-state index is 0.0908. The number of aromatic nitrogens is 2. The third-order valence-corrected chi connectivity index (χ3v) is 6.51. The normalized spacial score (nSPS) is 11.8. The van der Waals surface area contributed by atoms with Gasteiger partial charge < -0.3 is 9.84 Å². The Kier molecular flexibility index (Phi) is 4.71. The Morgan fingerprint density at radius 3 is 2.72 bits per heavy atom. The lowest BCUT2D eigenvalue weighted by molar-refractivity contribution is -0.136. The van der Waals surface area contributed by atoms with Gasteiger partial charge in [0, 0.05) is 29.6 Å². The summed E-state index contributed by atoms with van der Waals surface area (Å²) in [7, 11) is -2.44. The number of para-hydroxylation sites is 1. The molecule has 0 bridgehead atoms. The van der Waals surface area contributed by atoms with E-state index in [9.17, 15) is 13.2 Å². The van der Waals surface area contributed by atoms with Crippen molar-refractivity contribution in [1.29, 1.82) is 0 Å². The Labute approximate surface area is 167 Å². The molecule has 4 rings (SSSR count).